The van der Waals surface area contributed by atoms with Crippen LogP contribution in [0.2, 0.25) is 0 Å². The molecule has 1 aromatic heterocycles. The maximum absolute atomic E-state index is 10.7. The Morgan fingerprint density at radius 2 is 2.29 bits per heavy atom. The molecule has 0 fully saturated rings. The molecule has 78 valence electrons. The van der Waals surface area contributed by atoms with Crippen molar-refractivity contribution >= 4 is 5.97 Å². The van der Waals surface area contributed by atoms with Crippen molar-refractivity contribution in [1.29, 1.82) is 0 Å². The van der Waals surface area contributed by atoms with E-state index >= 15 is 0 Å². The van der Waals surface area contributed by atoms with Gasteiger partial charge in [0, 0.05) is 13.2 Å². The van der Waals surface area contributed by atoms with Crippen molar-refractivity contribution < 1.29 is 9.90 Å². The van der Waals surface area contributed by atoms with Crippen LogP contribution in [0.5, 0.6) is 0 Å². The van der Waals surface area contributed by atoms with E-state index in [1.165, 1.54) is 0 Å². The van der Waals surface area contributed by atoms with E-state index in [4.69, 9.17) is 5.11 Å². The number of hydrogen-bond acceptors (Lipinski definition) is 2. The average Bonchev–Trinajstić information content (AvgIpc) is 2.49. The van der Waals surface area contributed by atoms with Gasteiger partial charge in [-0.25, -0.2) is 0 Å². The minimum absolute atomic E-state index is 0.113. The highest BCUT2D eigenvalue weighted by molar-refractivity contribution is 5.69. The second-order valence-electron chi connectivity index (χ2n) is 3.79. The van der Waals surface area contributed by atoms with Crippen molar-refractivity contribution in [2.75, 3.05) is 0 Å². The third-order valence-corrected chi connectivity index (χ3v) is 2.54. The molecule has 0 aliphatic carbocycles. The molecule has 0 aliphatic heterocycles. The maximum Gasteiger partial charge on any atom is 0.306 e. The molecule has 0 saturated carbocycles. The molecule has 1 aromatic rings. The summed E-state index contributed by atoms with van der Waals surface area (Å²) in [7, 11) is 1.86. The van der Waals surface area contributed by atoms with Crippen molar-refractivity contribution in [3.63, 3.8) is 0 Å². The molecular weight excluding hydrogens is 180 g/mol. The van der Waals surface area contributed by atoms with E-state index in [0.717, 1.165) is 5.69 Å². The first kappa shape index (κ1) is 10.8. The summed E-state index contributed by atoms with van der Waals surface area (Å²) < 4.78 is 1.73. The minimum Gasteiger partial charge on any atom is -0.481 e. The van der Waals surface area contributed by atoms with Gasteiger partial charge in [0.05, 0.1) is 11.6 Å². The van der Waals surface area contributed by atoms with E-state index in [1.807, 2.05) is 26.2 Å². The molecule has 1 rings (SSSR count). The first-order valence-corrected chi connectivity index (χ1v) is 4.72. The van der Waals surface area contributed by atoms with Crippen LogP contribution in [0.3, 0.4) is 0 Å². The smallest absolute Gasteiger partial charge is 0.306 e. The Morgan fingerprint density at radius 3 is 2.71 bits per heavy atom. The number of carboxylic acid groups (broad SMARTS) is 1. The lowest BCUT2D eigenvalue weighted by atomic mass is 9.92. The summed E-state index contributed by atoms with van der Waals surface area (Å²) in [5.41, 5.74) is 0.952. The van der Waals surface area contributed by atoms with E-state index in [1.54, 1.807) is 11.6 Å². The fraction of sp³-hybridized carbons (Fsp3) is 0.600. The molecule has 0 aromatic carbocycles. The zero-order valence-corrected chi connectivity index (χ0v) is 8.77. The second-order valence-corrected chi connectivity index (χ2v) is 3.79. The highest BCUT2D eigenvalue weighted by Crippen LogP contribution is 2.15. The van der Waals surface area contributed by atoms with Crippen LogP contribution >= 0.6 is 0 Å². The Kier molecular flexibility index (Phi) is 3.28. The summed E-state index contributed by atoms with van der Waals surface area (Å²) in [4.78, 5) is 10.7. The third-order valence-electron chi connectivity index (χ3n) is 2.54. The van der Waals surface area contributed by atoms with Gasteiger partial charge in [-0.15, -0.1) is 0 Å². The molecule has 0 saturated heterocycles. The molecule has 0 aliphatic rings. The van der Waals surface area contributed by atoms with Gasteiger partial charge in [-0.05, 0) is 18.4 Å². The highest BCUT2D eigenvalue weighted by Gasteiger charge is 2.20. The first-order valence-electron chi connectivity index (χ1n) is 4.72. The zero-order valence-electron chi connectivity index (χ0n) is 8.77. The summed E-state index contributed by atoms with van der Waals surface area (Å²) in [6.45, 7) is 3.67. The molecule has 0 amide bonds. The molecular formula is C10H16N2O2. The molecule has 4 heteroatoms. The topological polar surface area (TPSA) is 55.1 Å². The van der Waals surface area contributed by atoms with Crippen LogP contribution in [0.1, 0.15) is 19.5 Å². The molecule has 1 heterocycles. The van der Waals surface area contributed by atoms with Crippen LogP contribution in [0, 0.1) is 11.8 Å². The minimum atomic E-state index is -0.742. The molecule has 2 atom stereocenters. The van der Waals surface area contributed by atoms with Gasteiger partial charge < -0.3 is 5.11 Å². The standard InChI is InChI=1S/C10H16N2O2/c1-7(8(2)10(13)14)6-9-4-5-12(3)11-9/h4-5,7-8H,6H2,1-3H3,(H,13,14). The maximum atomic E-state index is 10.7. The van der Waals surface area contributed by atoms with Gasteiger partial charge in [-0.1, -0.05) is 13.8 Å². The largest absolute Gasteiger partial charge is 0.481 e. The summed E-state index contributed by atoms with van der Waals surface area (Å²) in [5, 5.41) is 13.0. The number of carbonyl (C=O) groups is 1. The molecule has 1 N–H and O–H groups in total. The van der Waals surface area contributed by atoms with Crippen molar-refractivity contribution in [2.24, 2.45) is 18.9 Å². The lowest BCUT2D eigenvalue weighted by molar-refractivity contribution is -0.142. The van der Waals surface area contributed by atoms with Gasteiger partial charge in [0.15, 0.2) is 0 Å². The van der Waals surface area contributed by atoms with Crippen LogP contribution in [0.4, 0.5) is 0 Å². The van der Waals surface area contributed by atoms with Gasteiger partial charge in [0.2, 0.25) is 0 Å². The Morgan fingerprint density at radius 1 is 1.64 bits per heavy atom. The summed E-state index contributed by atoms with van der Waals surface area (Å²) in [6, 6.07) is 1.92. The van der Waals surface area contributed by atoms with Crippen molar-refractivity contribution in [3.05, 3.63) is 18.0 Å². The SMILES string of the molecule is CC(Cc1ccn(C)n1)C(C)C(=O)O. The number of rotatable bonds is 4. The highest BCUT2D eigenvalue weighted by atomic mass is 16.4. The predicted molar refractivity (Wildman–Crippen MR) is 52.9 cm³/mol. The lowest BCUT2D eigenvalue weighted by Crippen LogP contribution is -2.20. The van der Waals surface area contributed by atoms with E-state index in [-0.39, 0.29) is 11.8 Å². The Bertz CT molecular complexity index is 320. The second kappa shape index (κ2) is 4.26. The molecule has 14 heavy (non-hydrogen) atoms. The number of hydrogen-bond donors (Lipinski definition) is 1. The van der Waals surface area contributed by atoms with Gasteiger partial charge in [-0.3, -0.25) is 9.48 Å². The fourth-order valence-corrected chi connectivity index (χ4v) is 1.32. The number of aryl methyl sites for hydroxylation is 1. The van der Waals surface area contributed by atoms with Crippen LogP contribution in [-0.2, 0) is 18.3 Å². The van der Waals surface area contributed by atoms with E-state index in [0.29, 0.717) is 6.42 Å². The van der Waals surface area contributed by atoms with Crippen LogP contribution in [0.15, 0.2) is 12.3 Å². The molecule has 0 spiro atoms. The molecule has 0 radical (unpaired) electrons. The van der Waals surface area contributed by atoms with Gasteiger partial charge >= 0.3 is 5.97 Å². The normalized spacial score (nSPS) is 15.1. The number of aromatic nitrogens is 2. The van der Waals surface area contributed by atoms with E-state index in [9.17, 15) is 4.79 Å². The monoisotopic (exact) mass is 196 g/mol. The van der Waals surface area contributed by atoms with Crippen molar-refractivity contribution in [2.45, 2.75) is 20.3 Å². The number of aliphatic carboxylic acids is 1. The van der Waals surface area contributed by atoms with Gasteiger partial charge in [0.1, 0.15) is 0 Å². The van der Waals surface area contributed by atoms with Crippen LogP contribution < -0.4 is 0 Å². The van der Waals surface area contributed by atoms with Gasteiger partial charge in [0.25, 0.3) is 0 Å². The number of carboxylic acids is 1. The van der Waals surface area contributed by atoms with Crippen molar-refractivity contribution in [3.8, 4) is 0 Å². The zero-order chi connectivity index (χ0) is 10.7. The quantitative estimate of drug-likeness (QED) is 0.790. The Hall–Kier alpha value is -1.32. The van der Waals surface area contributed by atoms with Crippen molar-refractivity contribution in [1.82, 2.24) is 9.78 Å². The molecule has 2 unspecified atom stereocenters. The van der Waals surface area contributed by atoms with Crippen LogP contribution in [0.25, 0.3) is 0 Å². The van der Waals surface area contributed by atoms with E-state index in [2.05, 4.69) is 5.10 Å². The van der Waals surface area contributed by atoms with Crippen LogP contribution in [-0.4, -0.2) is 20.9 Å². The average molecular weight is 196 g/mol. The third kappa shape index (κ3) is 2.58. The fourth-order valence-electron chi connectivity index (χ4n) is 1.32. The Labute approximate surface area is 83.5 Å². The molecule has 4 nitrogen and oxygen atoms in total. The summed E-state index contributed by atoms with van der Waals surface area (Å²) >= 11 is 0. The summed E-state index contributed by atoms with van der Waals surface area (Å²) in [5.74, 6) is -0.951. The van der Waals surface area contributed by atoms with E-state index < -0.39 is 5.97 Å². The molecule has 0 bridgehead atoms. The number of nitrogens with zero attached hydrogens (tertiary/aromatic N) is 2. The predicted octanol–water partition coefficient (Wildman–Crippen LogP) is 1.32. The van der Waals surface area contributed by atoms with Gasteiger partial charge in [-0.2, -0.15) is 5.10 Å². The summed E-state index contributed by atoms with van der Waals surface area (Å²) in [6.07, 6.45) is 2.59. The first-order chi connectivity index (χ1) is 6.50. The lowest BCUT2D eigenvalue weighted by Gasteiger charge is -2.13. The Balaban J connectivity index is 2.56.